The highest BCUT2D eigenvalue weighted by Gasteiger charge is 2.94. The van der Waals surface area contributed by atoms with Crippen molar-refractivity contribution >= 4 is 5.84 Å². The van der Waals surface area contributed by atoms with Crippen LogP contribution in [0.15, 0.2) is 17.1 Å². The fourth-order valence-electron chi connectivity index (χ4n) is 4.34. The molecule has 1 fully saturated rings. The average molecular weight is 372 g/mol. The van der Waals surface area contributed by atoms with Crippen molar-refractivity contribution in [3.63, 3.8) is 0 Å². The number of amidine groups is 1. The first-order chi connectivity index (χ1) is 12.9. The van der Waals surface area contributed by atoms with Crippen molar-refractivity contribution in [2.45, 2.75) is 11.8 Å². The minimum atomic E-state index is -1.70. The van der Waals surface area contributed by atoms with Crippen LogP contribution in [0.2, 0.25) is 0 Å². The largest absolute Gasteiger partial charge is 0.493 e. The summed E-state index contributed by atoms with van der Waals surface area (Å²) in [5.74, 6) is -1.28. The summed E-state index contributed by atoms with van der Waals surface area (Å²) in [5.41, 5.74) is 3.78. The Bertz CT molecular complexity index is 898. The van der Waals surface area contributed by atoms with E-state index in [1.165, 1.54) is 35.5 Å². The van der Waals surface area contributed by atoms with Crippen LogP contribution in [-0.2, 0) is 9.47 Å². The fraction of sp³-hybridized carbons (Fsp3) is 0.500. The predicted molar refractivity (Wildman–Crippen MR) is 93.3 cm³/mol. The molecule has 3 rings (SSSR count). The standard InChI is InChI=1S/C18H20N4O5/c1-23-11-7-6-10(12(24-2)13(11)25-3)14-16(8-19)15(21)22-18(26-4,27-5)17(14,16)9-20/h6-7,14H,1-5H3,(H2,21,22). The molecule has 0 radical (unpaired) electrons. The molecule has 1 aliphatic carbocycles. The second-order valence-electron chi connectivity index (χ2n) is 6.18. The van der Waals surface area contributed by atoms with Crippen LogP contribution in [0.4, 0.5) is 0 Å². The summed E-state index contributed by atoms with van der Waals surface area (Å²) in [4.78, 5) is 4.19. The number of hydrogen-bond donors (Lipinski definition) is 1. The Morgan fingerprint density at radius 2 is 1.59 bits per heavy atom. The van der Waals surface area contributed by atoms with E-state index in [1.54, 1.807) is 12.1 Å². The maximum absolute atomic E-state index is 10.1. The van der Waals surface area contributed by atoms with Gasteiger partial charge < -0.3 is 29.4 Å². The van der Waals surface area contributed by atoms with E-state index >= 15 is 0 Å². The Labute approximate surface area is 156 Å². The molecule has 0 bridgehead atoms. The second kappa shape index (κ2) is 6.02. The molecule has 0 amide bonds. The van der Waals surface area contributed by atoms with Gasteiger partial charge in [-0.3, -0.25) is 0 Å². The van der Waals surface area contributed by atoms with Crippen molar-refractivity contribution in [2.75, 3.05) is 35.5 Å². The lowest BCUT2D eigenvalue weighted by Crippen LogP contribution is -2.41. The molecule has 1 heterocycles. The SMILES string of the molecule is COc1ccc(C2C3(C#N)C(N)=NC(OC)(OC)C23C#N)c(OC)c1OC. The molecule has 1 aromatic rings. The van der Waals surface area contributed by atoms with E-state index < -0.39 is 22.7 Å². The number of methoxy groups -OCH3 is 5. The van der Waals surface area contributed by atoms with E-state index in [1.807, 2.05) is 0 Å². The molecule has 1 aromatic carbocycles. The third-order valence-electron chi connectivity index (χ3n) is 5.53. The molecule has 3 atom stereocenters. The molecule has 0 spiro atoms. The summed E-state index contributed by atoms with van der Waals surface area (Å²) in [5, 5.41) is 20.1. The van der Waals surface area contributed by atoms with Gasteiger partial charge in [0.25, 0.3) is 5.91 Å². The predicted octanol–water partition coefficient (Wildman–Crippen LogP) is 1.15. The highest BCUT2D eigenvalue weighted by atomic mass is 16.7. The van der Waals surface area contributed by atoms with Crippen LogP contribution in [-0.4, -0.2) is 47.3 Å². The zero-order valence-electron chi connectivity index (χ0n) is 15.7. The molecular formula is C18H20N4O5. The van der Waals surface area contributed by atoms with Gasteiger partial charge in [-0.1, -0.05) is 6.07 Å². The molecule has 1 aliphatic heterocycles. The molecule has 3 unspecified atom stereocenters. The van der Waals surface area contributed by atoms with Crippen LogP contribution in [0.3, 0.4) is 0 Å². The monoisotopic (exact) mass is 372 g/mol. The molecule has 27 heavy (non-hydrogen) atoms. The highest BCUT2D eigenvalue weighted by Crippen LogP contribution is 2.82. The number of rotatable bonds is 6. The van der Waals surface area contributed by atoms with Crippen molar-refractivity contribution < 1.29 is 23.7 Å². The Kier molecular flexibility index (Phi) is 4.18. The van der Waals surface area contributed by atoms with Gasteiger partial charge in [-0.2, -0.15) is 10.5 Å². The average Bonchev–Trinajstić information content (AvgIpc) is 3.28. The second-order valence-corrected chi connectivity index (χ2v) is 6.18. The van der Waals surface area contributed by atoms with Gasteiger partial charge in [-0.25, -0.2) is 4.99 Å². The van der Waals surface area contributed by atoms with Crippen molar-refractivity contribution in [3.05, 3.63) is 17.7 Å². The van der Waals surface area contributed by atoms with Gasteiger partial charge in [0, 0.05) is 25.7 Å². The number of benzene rings is 1. The van der Waals surface area contributed by atoms with Crippen molar-refractivity contribution in [1.82, 2.24) is 0 Å². The van der Waals surface area contributed by atoms with Crippen LogP contribution >= 0.6 is 0 Å². The van der Waals surface area contributed by atoms with E-state index in [2.05, 4.69) is 17.1 Å². The van der Waals surface area contributed by atoms with Crippen molar-refractivity contribution in [1.29, 1.82) is 10.5 Å². The molecule has 1 saturated carbocycles. The lowest BCUT2D eigenvalue weighted by Gasteiger charge is -2.29. The summed E-state index contributed by atoms with van der Waals surface area (Å²) in [6, 6.07) is 7.77. The van der Waals surface area contributed by atoms with Gasteiger partial charge in [0.15, 0.2) is 16.9 Å². The number of nitriles is 2. The zero-order valence-corrected chi connectivity index (χ0v) is 15.7. The van der Waals surface area contributed by atoms with Crippen LogP contribution in [0.1, 0.15) is 11.5 Å². The first kappa shape index (κ1) is 18.8. The van der Waals surface area contributed by atoms with Crippen LogP contribution in [0.5, 0.6) is 17.2 Å². The third-order valence-corrected chi connectivity index (χ3v) is 5.53. The summed E-state index contributed by atoms with van der Waals surface area (Å²) < 4.78 is 27.2. The van der Waals surface area contributed by atoms with E-state index in [9.17, 15) is 10.5 Å². The first-order valence-electron chi connectivity index (χ1n) is 8.02. The number of hydrogen-bond acceptors (Lipinski definition) is 9. The molecule has 9 heteroatoms. The molecule has 0 saturated heterocycles. The smallest absolute Gasteiger partial charge is 0.292 e. The number of nitrogens with two attached hydrogens (primary N) is 1. The Hall–Kier alpha value is -3.01. The van der Waals surface area contributed by atoms with Gasteiger partial charge in [0.1, 0.15) is 11.3 Å². The maximum Gasteiger partial charge on any atom is 0.292 e. The quantitative estimate of drug-likeness (QED) is 0.735. The maximum atomic E-state index is 10.1. The van der Waals surface area contributed by atoms with Gasteiger partial charge in [0.05, 0.1) is 33.5 Å². The number of ether oxygens (including phenoxy) is 5. The fourth-order valence-corrected chi connectivity index (χ4v) is 4.34. The third kappa shape index (κ3) is 1.80. The van der Waals surface area contributed by atoms with Crippen molar-refractivity contribution in [2.24, 2.45) is 21.6 Å². The first-order valence-corrected chi connectivity index (χ1v) is 8.02. The molecule has 2 aliphatic rings. The van der Waals surface area contributed by atoms with Gasteiger partial charge in [-0.15, -0.1) is 0 Å². The molecule has 2 N–H and O–H groups in total. The summed E-state index contributed by atoms with van der Waals surface area (Å²) in [7, 11) is 7.15. The number of fused-ring (bicyclic) bond motifs is 1. The number of nitrogens with zero attached hydrogens (tertiary/aromatic N) is 3. The van der Waals surface area contributed by atoms with Crippen LogP contribution in [0.25, 0.3) is 0 Å². The zero-order chi connectivity index (χ0) is 20.0. The minimum Gasteiger partial charge on any atom is -0.493 e. The number of aliphatic imine (C=N–C) groups is 1. The lowest BCUT2D eigenvalue weighted by molar-refractivity contribution is -0.230. The van der Waals surface area contributed by atoms with Crippen LogP contribution < -0.4 is 19.9 Å². The van der Waals surface area contributed by atoms with Gasteiger partial charge >= 0.3 is 0 Å². The van der Waals surface area contributed by atoms with Gasteiger partial charge in [0.2, 0.25) is 5.75 Å². The normalized spacial score (nSPS) is 29.7. The molecular weight excluding hydrogens is 352 g/mol. The van der Waals surface area contributed by atoms with E-state index in [0.717, 1.165) is 0 Å². The van der Waals surface area contributed by atoms with Gasteiger partial charge in [-0.05, 0) is 6.07 Å². The Morgan fingerprint density at radius 3 is 2.04 bits per heavy atom. The van der Waals surface area contributed by atoms with E-state index in [-0.39, 0.29) is 5.84 Å². The topological polar surface area (TPSA) is 132 Å². The minimum absolute atomic E-state index is 0.0166. The summed E-state index contributed by atoms with van der Waals surface area (Å²) in [6.45, 7) is 0. The van der Waals surface area contributed by atoms with E-state index in [4.69, 9.17) is 29.4 Å². The molecule has 9 nitrogen and oxygen atoms in total. The highest BCUT2D eigenvalue weighted by molar-refractivity contribution is 6.00. The van der Waals surface area contributed by atoms with Crippen LogP contribution in [0, 0.1) is 33.5 Å². The summed E-state index contributed by atoms with van der Waals surface area (Å²) in [6.07, 6.45) is 0. The van der Waals surface area contributed by atoms with E-state index in [0.29, 0.717) is 22.8 Å². The lowest BCUT2D eigenvalue weighted by atomic mass is 9.93. The molecule has 0 aromatic heterocycles. The van der Waals surface area contributed by atoms with Crippen molar-refractivity contribution in [3.8, 4) is 29.4 Å². The Balaban J connectivity index is 2.31. The summed E-state index contributed by atoms with van der Waals surface area (Å²) >= 11 is 0. The Morgan fingerprint density at radius 1 is 0.963 bits per heavy atom. The molecule has 142 valence electrons.